The van der Waals surface area contributed by atoms with Crippen LogP contribution >= 0.6 is 26.6 Å². The summed E-state index contributed by atoms with van der Waals surface area (Å²) >= 11 is 3.19. The lowest BCUT2D eigenvalue weighted by Gasteiger charge is -2.39. The van der Waals surface area contributed by atoms with Crippen LogP contribution < -0.4 is 5.32 Å². The van der Waals surface area contributed by atoms with Crippen LogP contribution in [0.5, 0.6) is 0 Å². The van der Waals surface area contributed by atoms with Gasteiger partial charge < -0.3 is 5.32 Å². The van der Waals surface area contributed by atoms with E-state index in [4.69, 9.17) is 10.7 Å². The van der Waals surface area contributed by atoms with Crippen LogP contribution in [-0.2, 0) is 9.05 Å². The van der Waals surface area contributed by atoms with E-state index in [1.54, 1.807) is 13.0 Å². The maximum Gasteiger partial charge on any atom is 0.262 e. The SMILES string of the molecule is Cc1cc(C(=O)NC2(C)CCC2)cc(S(=O)(=O)Cl)c1Br. The lowest BCUT2D eigenvalue weighted by Crippen LogP contribution is -2.50. The second kappa shape index (κ2) is 5.31. The van der Waals surface area contributed by atoms with E-state index in [1.165, 1.54) is 6.07 Å². The third-order valence-corrected chi connectivity index (χ3v) is 6.28. The number of aryl methyl sites for hydroxylation is 1. The van der Waals surface area contributed by atoms with E-state index >= 15 is 0 Å². The highest BCUT2D eigenvalue weighted by molar-refractivity contribution is 9.10. The van der Waals surface area contributed by atoms with Crippen molar-refractivity contribution < 1.29 is 13.2 Å². The number of rotatable bonds is 3. The molecule has 2 rings (SSSR count). The predicted molar refractivity (Wildman–Crippen MR) is 81.6 cm³/mol. The molecule has 1 fully saturated rings. The molecule has 1 aliphatic rings. The van der Waals surface area contributed by atoms with Gasteiger partial charge in [-0.25, -0.2) is 8.42 Å². The Labute approximate surface area is 131 Å². The number of benzene rings is 1. The van der Waals surface area contributed by atoms with Gasteiger partial charge in [0.05, 0.1) is 4.90 Å². The van der Waals surface area contributed by atoms with Gasteiger partial charge in [0, 0.05) is 26.3 Å². The first kappa shape index (κ1) is 15.8. The van der Waals surface area contributed by atoms with Gasteiger partial charge in [-0.2, -0.15) is 0 Å². The summed E-state index contributed by atoms with van der Waals surface area (Å²) in [6.07, 6.45) is 2.97. The van der Waals surface area contributed by atoms with Crippen molar-refractivity contribution in [3.63, 3.8) is 0 Å². The second-order valence-electron chi connectivity index (χ2n) is 5.41. The van der Waals surface area contributed by atoms with Crippen LogP contribution in [-0.4, -0.2) is 19.9 Å². The number of carbonyl (C=O) groups excluding carboxylic acids is 1. The fourth-order valence-corrected chi connectivity index (χ4v) is 4.38. The summed E-state index contributed by atoms with van der Waals surface area (Å²) in [5.74, 6) is -0.274. The molecule has 0 radical (unpaired) electrons. The van der Waals surface area contributed by atoms with Gasteiger partial charge in [-0.15, -0.1) is 0 Å². The Morgan fingerprint density at radius 2 is 2.00 bits per heavy atom. The molecule has 0 spiro atoms. The first-order valence-electron chi connectivity index (χ1n) is 6.20. The van der Waals surface area contributed by atoms with E-state index in [9.17, 15) is 13.2 Å². The van der Waals surface area contributed by atoms with Crippen molar-refractivity contribution >= 4 is 41.6 Å². The maximum atomic E-state index is 12.2. The molecule has 1 aliphatic carbocycles. The fraction of sp³-hybridized carbons (Fsp3) is 0.462. The normalized spacial score (nSPS) is 17.4. The monoisotopic (exact) mass is 379 g/mol. The van der Waals surface area contributed by atoms with E-state index in [0.29, 0.717) is 15.6 Å². The zero-order valence-corrected chi connectivity index (χ0v) is 14.3. The molecule has 7 heteroatoms. The molecule has 1 N–H and O–H groups in total. The number of halogens is 2. The average molecular weight is 381 g/mol. The summed E-state index contributed by atoms with van der Waals surface area (Å²) in [5.41, 5.74) is 0.770. The summed E-state index contributed by atoms with van der Waals surface area (Å²) in [7, 11) is 1.49. The Kier molecular flexibility index (Phi) is 4.19. The molecule has 110 valence electrons. The minimum Gasteiger partial charge on any atom is -0.347 e. The number of carbonyl (C=O) groups is 1. The van der Waals surface area contributed by atoms with Crippen LogP contribution in [0.4, 0.5) is 0 Å². The maximum absolute atomic E-state index is 12.2. The molecule has 1 aromatic rings. The highest BCUT2D eigenvalue weighted by atomic mass is 79.9. The largest absolute Gasteiger partial charge is 0.347 e. The quantitative estimate of drug-likeness (QED) is 0.818. The van der Waals surface area contributed by atoms with Crippen LogP contribution in [0.3, 0.4) is 0 Å². The van der Waals surface area contributed by atoms with E-state index in [-0.39, 0.29) is 16.3 Å². The molecular formula is C13H15BrClNO3S. The molecule has 4 nitrogen and oxygen atoms in total. The highest BCUT2D eigenvalue weighted by Gasteiger charge is 2.33. The number of hydrogen-bond acceptors (Lipinski definition) is 3. The van der Waals surface area contributed by atoms with Gasteiger partial charge in [0.1, 0.15) is 0 Å². The van der Waals surface area contributed by atoms with E-state index in [0.717, 1.165) is 19.3 Å². The minimum absolute atomic E-state index is 0.0805. The van der Waals surface area contributed by atoms with Gasteiger partial charge in [0.2, 0.25) is 0 Å². The van der Waals surface area contributed by atoms with Crippen molar-refractivity contribution in [3.05, 3.63) is 27.7 Å². The first-order valence-corrected chi connectivity index (χ1v) is 9.30. The van der Waals surface area contributed by atoms with Crippen molar-refractivity contribution in [2.45, 2.75) is 43.5 Å². The van der Waals surface area contributed by atoms with E-state index in [2.05, 4.69) is 21.2 Å². The zero-order valence-electron chi connectivity index (χ0n) is 11.2. The summed E-state index contributed by atoms with van der Waals surface area (Å²) in [5, 5.41) is 2.94. The van der Waals surface area contributed by atoms with Crippen LogP contribution in [0.1, 0.15) is 42.1 Å². The molecule has 0 atom stereocenters. The number of hydrogen-bond donors (Lipinski definition) is 1. The molecular weight excluding hydrogens is 366 g/mol. The van der Waals surface area contributed by atoms with Gasteiger partial charge >= 0.3 is 0 Å². The Morgan fingerprint density at radius 3 is 2.45 bits per heavy atom. The highest BCUT2D eigenvalue weighted by Crippen LogP contribution is 2.33. The van der Waals surface area contributed by atoms with Crippen LogP contribution in [0, 0.1) is 6.92 Å². The molecule has 20 heavy (non-hydrogen) atoms. The zero-order chi connectivity index (χ0) is 15.1. The van der Waals surface area contributed by atoms with Gasteiger partial charge in [0.25, 0.3) is 15.0 Å². The lowest BCUT2D eigenvalue weighted by atomic mass is 9.78. The van der Waals surface area contributed by atoms with Gasteiger partial charge in [-0.1, -0.05) is 0 Å². The van der Waals surface area contributed by atoms with E-state index < -0.39 is 9.05 Å². The fourth-order valence-electron chi connectivity index (χ4n) is 2.22. The Hall–Kier alpha value is -0.590. The molecule has 1 amide bonds. The van der Waals surface area contributed by atoms with Crippen LogP contribution in [0.15, 0.2) is 21.5 Å². The molecule has 1 aromatic carbocycles. The van der Waals surface area contributed by atoms with Crippen LogP contribution in [0.25, 0.3) is 0 Å². The first-order chi connectivity index (χ1) is 9.12. The Morgan fingerprint density at radius 1 is 1.40 bits per heavy atom. The number of amides is 1. The Balaban J connectivity index is 2.38. The molecule has 0 heterocycles. The summed E-state index contributed by atoms with van der Waals surface area (Å²) in [6.45, 7) is 3.71. The molecule has 0 unspecified atom stereocenters. The van der Waals surface area contributed by atoms with Crippen molar-refractivity contribution in [2.75, 3.05) is 0 Å². The molecule has 1 saturated carbocycles. The number of nitrogens with one attached hydrogen (secondary N) is 1. The molecule has 0 aliphatic heterocycles. The summed E-state index contributed by atoms with van der Waals surface area (Å²) in [6, 6.07) is 2.95. The van der Waals surface area contributed by atoms with Gasteiger partial charge in [-0.3, -0.25) is 4.79 Å². The topological polar surface area (TPSA) is 63.2 Å². The van der Waals surface area contributed by atoms with Gasteiger partial charge in [-0.05, 0) is 66.7 Å². The third-order valence-electron chi connectivity index (χ3n) is 3.62. The van der Waals surface area contributed by atoms with Crippen molar-refractivity contribution in [1.29, 1.82) is 0 Å². The predicted octanol–water partition coefficient (Wildman–Crippen LogP) is 3.36. The summed E-state index contributed by atoms with van der Waals surface area (Å²) < 4.78 is 23.5. The molecule has 0 bridgehead atoms. The average Bonchev–Trinajstić information content (AvgIpc) is 2.28. The smallest absolute Gasteiger partial charge is 0.262 e. The standard InChI is InChI=1S/C13H15BrClNO3S/c1-8-6-9(7-10(11(8)14)20(15,18)19)12(17)16-13(2)4-3-5-13/h6-7H,3-5H2,1-2H3,(H,16,17). The summed E-state index contributed by atoms with van der Waals surface area (Å²) in [4.78, 5) is 12.2. The molecule has 0 aromatic heterocycles. The van der Waals surface area contributed by atoms with Crippen molar-refractivity contribution in [3.8, 4) is 0 Å². The second-order valence-corrected chi connectivity index (χ2v) is 8.74. The lowest BCUT2D eigenvalue weighted by molar-refractivity contribution is 0.0850. The van der Waals surface area contributed by atoms with Gasteiger partial charge in [0.15, 0.2) is 0 Å². The van der Waals surface area contributed by atoms with E-state index in [1.807, 2.05) is 6.92 Å². The van der Waals surface area contributed by atoms with Crippen molar-refractivity contribution in [2.24, 2.45) is 0 Å². The minimum atomic E-state index is -3.90. The van der Waals surface area contributed by atoms with Crippen molar-refractivity contribution in [1.82, 2.24) is 5.32 Å². The third kappa shape index (κ3) is 3.18. The Bertz CT molecular complexity index is 668. The molecule has 0 saturated heterocycles. The van der Waals surface area contributed by atoms with Crippen LogP contribution in [0.2, 0.25) is 0 Å².